The predicted octanol–water partition coefficient (Wildman–Crippen LogP) is 4.79. The zero-order valence-corrected chi connectivity index (χ0v) is 14.5. The average molecular weight is 349 g/mol. The van der Waals surface area contributed by atoms with E-state index in [2.05, 4.69) is 16.0 Å². The van der Waals surface area contributed by atoms with Crippen LogP contribution in [0.2, 0.25) is 0 Å². The Hall–Kier alpha value is -3.54. The Bertz CT molecular complexity index is 915. The van der Waals surface area contributed by atoms with Gasteiger partial charge in [-0.05, 0) is 56.3 Å². The molecule has 0 atom stereocenters. The summed E-state index contributed by atoms with van der Waals surface area (Å²) in [6, 6.07) is 17.4. The van der Waals surface area contributed by atoms with Gasteiger partial charge in [0.15, 0.2) is 0 Å². The van der Waals surface area contributed by atoms with Crippen LogP contribution >= 0.6 is 0 Å². The second-order valence-electron chi connectivity index (χ2n) is 5.80. The van der Waals surface area contributed by atoms with Crippen LogP contribution in [-0.4, -0.2) is 11.9 Å². The van der Waals surface area contributed by atoms with Gasteiger partial charge in [-0.2, -0.15) is 0 Å². The first-order valence-electron chi connectivity index (χ1n) is 8.13. The lowest BCUT2D eigenvalue weighted by molar-refractivity contribution is 0.102. The summed E-state index contributed by atoms with van der Waals surface area (Å²) in [5.74, 6) is 1.04. The van der Waals surface area contributed by atoms with E-state index in [1.165, 1.54) is 0 Å². The molecule has 0 aliphatic heterocycles. The normalized spacial score (nSPS) is 10.2. The Morgan fingerprint density at radius 2 is 1.31 bits per heavy atom. The molecule has 0 fully saturated rings. The highest BCUT2D eigenvalue weighted by atomic mass is 16.3. The number of para-hydroxylation sites is 1. The minimum atomic E-state index is -0.336. The highest BCUT2D eigenvalue weighted by molar-refractivity contribution is 6.05. The van der Waals surface area contributed by atoms with E-state index < -0.39 is 0 Å². The van der Waals surface area contributed by atoms with Crippen LogP contribution in [0.4, 0.5) is 21.9 Å². The lowest BCUT2D eigenvalue weighted by Gasteiger charge is -2.09. The molecule has 2 aromatic carbocycles. The summed E-state index contributed by atoms with van der Waals surface area (Å²) >= 11 is 0. The van der Waals surface area contributed by atoms with E-state index in [0.29, 0.717) is 34.1 Å². The van der Waals surface area contributed by atoms with E-state index in [1.807, 2.05) is 18.2 Å². The molecule has 0 aliphatic carbocycles. The largest absolute Gasteiger partial charge is 0.466 e. The van der Waals surface area contributed by atoms with E-state index in [-0.39, 0.29) is 11.9 Å². The summed E-state index contributed by atoms with van der Waals surface area (Å²) in [4.78, 5) is 24.2. The second kappa shape index (κ2) is 7.57. The SMILES string of the molecule is Cc1cc(C(=O)Nc2ccc(NC(=O)Nc3ccccc3)cc2)c(C)o1. The van der Waals surface area contributed by atoms with Crippen molar-refractivity contribution in [1.29, 1.82) is 0 Å². The maximum absolute atomic E-state index is 12.3. The fourth-order valence-electron chi connectivity index (χ4n) is 2.51. The molecule has 3 rings (SSSR count). The lowest BCUT2D eigenvalue weighted by atomic mass is 10.2. The van der Waals surface area contributed by atoms with Crippen LogP contribution in [0.15, 0.2) is 65.1 Å². The first-order valence-corrected chi connectivity index (χ1v) is 8.13. The van der Waals surface area contributed by atoms with Crippen LogP contribution in [0.3, 0.4) is 0 Å². The molecular formula is C20H19N3O3. The Balaban J connectivity index is 1.59. The number of nitrogens with one attached hydrogen (secondary N) is 3. The lowest BCUT2D eigenvalue weighted by Crippen LogP contribution is -2.19. The molecule has 0 radical (unpaired) electrons. The molecule has 0 saturated heterocycles. The maximum Gasteiger partial charge on any atom is 0.323 e. The van der Waals surface area contributed by atoms with Crippen molar-refractivity contribution in [2.24, 2.45) is 0 Å². The van der Waals surface area contributed by atoms with Gasteiger partial charge in [-0.3, -0.25) is 4.79 Å². The van der Waals surface area contributed by atoms with Crippen LogP contribution in [0.1, 0.15) is 21.9 Å². The van der Waals surface area contributed by atoms with Gasteiger partial charge in [0, 0.05) is 17.1 Å². The van der Waals surface area contributed by atoms with Gasteiger partial charge in [-0.15, -0.1) is 0 Å². The first kappa shape index (κ1) is 17.3. The van der Waals surface area contributed by atoms with E-state index in [9.17, 15) is 9.59 Å². The molecule has 0 saturated carbocycles. The number of urea groups is 1. The van der Waals surface area contributed by atoms with Crippen LogP contribution in [-0.2, 0) is 0 Å². The van der Waals surface area contributed by atoms with Gasteiger partial charge in [0.25, 0.3) is 5.91 Å². The number of carbonyl (C=O) groups excluding carboxylic acids is 2. The summed E-state index contributed by atoms with van der Waals surface area (Å²) in [6.45, 7) is 3.55. The number of hydrogen-bond acceptors (Lipinski definition) is 3. The minimum absolute atomic E-state index is 0.234. The van der Waals surface area contributed by atoms with Gasteiger partial charge in [0.05, 0.1) is 5.56 Å². The Kier molecular flexibility index (Phi) is 5.03. The van der Waals surface area contributed by atoms with Crippen molar-refractivity contribution in [3.63, 3.8) is 0 Å². The Morgan fingerprint density at radius 3 is 1.85 bits per heavy atom. The van der Waals surface area contributed by atoms with Crippen molar-refractivity contribution in [1.82, 2.24) is 0 Å². The number of aryl methyl sites for hydroxylation is 2. The maximum atomic E-state index is 12.3. The molecule has 132 valence electrons. The highest BCUT2D eigenvalue weighted by Crippen LogP contribution is 2.18. The third kappa shape index (κ3) is 4.30. The molecule has 3 aromatic rings. The van der Waals surface area contributed by atoms with E-state index in [4.69, 9.17) is 4.42 Å². The van der Waals surface area contributed by atoms with Gasteiger partial charge in [-0.1, -0.05) is 18.2 Å². The summed E-state index contributed by atoms with van der Waals surface area (Å²) < 4.78 is 5.37. The van der Waals surface area contributed by atoms with Crippen LogP contribution in [0.5, 0.6) is 0 Å². The number of anilines is 3. The van der Waals surface area contributed by atoms with Gasteiger partial charge in [-0.25, -0.2) is 4.79 Å². The van der Waals surface area contributed by atoms with Crippen molar-refractivity contribution < 1.29 is 14.0 Å². The number of benzene rings is 2. The van der Waals surface area contributed by atoms with Crippen molar-refractivity contribution in [2.45, 2.75) is 13.8 Å². The molecule has 0 bridgehead atoms. The van der Waals surface area contributed by atoms with Gasteiger partial charge >= 0.3 is 6.03 Å². The molecule has 0 unspecified atom stereocenters. The van der Waals surface area contributed by atoms with Gasteiger partial charge in [0.1, 0.15) is 11.5 Å². The molecule has 26 heavy (non-hydrogen) atoms. The monoisotopic (exact) mass is 349 g/mol. The molecule has 3 amide bonds. The number of hydrogen-bond donors (Lipinski definition) is 3. The van der Waals surface area contributed by atoms with Crippen molar-refractivity contribution in [2.75, 3.05) is 16.0 Å². The van der Waals surface area contributed by atoms with E-state index in [0.717, 1.165) is 0 Å². The molecule has 0 aliphatic rings. The number of furan rings is 1. The fourth-order valence-corrected chi connectivity index (χ4v) is 2.51. The van der Waals surface area contributed by atoms with Gasteiger partial charge in [0.2, 0.25) is 0 Å². The smallest absolute Gasteiger partial charge is 0.323 e. The van der Waals surface area contributed by atoms with Crippen molar-refractivity contribution in [3.8, 4) is 0 Å². The third-order valence-electron chi connectivity index (χ3n) is 3.72. The molecule has 1 heterocycles. The quantitative estimate of drug-likeness (QED) is 0.633. The number of rotatable bonds is 4. The molecule has 6 nitrogen and oxygen atoms in total. The van der Waals surface area contributed by atoms with Crippen LogP contribution < -0.4 is 16.0 Å². The minimum Gasteiger partial charge on any atom is -0.466 e. The molecular weight excluding hydrogens is 330 g/mol. The van der Waals surface area contributed by atoms with E-state index in [1.54, 1.807) is 56.3 Å². The third-order valence-corrected chi connectivity index (χ3v) is 3.72. The summed E-state index contributed by atoms with van der Waals surface area (Å²) in [6.07, 6.45) is 0. The number of carbonyl (C=O) groups is 2. The Morgan fingerprint density at radius 1 is 0.769 bits per heavy atom. The zero-order chi connectivity index (χ0) is 18.5. The molecule has 6 heteroatoms. The standard InChI is InChI=1S/C20H19N3O3/c1-13-12-18(14(2)26-13)19(24)21-16-8-10-17(11-9-16)23-20(25)22-15-6-4-3-5-7-15/h3-12H,1-2H3,(H,21,24)(H2,22,23,25). The fraction of sp³-hybridized carbons (Fsp3) is 0.100. The molecule has 3 N–H and O–H groups in total. The molecule has 1 aromatic heterocycles. The second-order valence-corrected chi connectivity index (χ2v) is 5.80. The summed E-state index contributed by atoms with van der Waals surface area (Å²) in [5, 5.41) is 8.28. The molecule has 0 spiro atoms. The first-order chi connectivity index (χ1) is 12.5. The number of amides is 3. The van der Waals surface area contributed by atoms with Gasteiger partial charge < -0.3 is 20.4 Å². The predicted molar refractivity (Wildman–Crippen MR) is 102 cm³/mol. The highest BCUT2D eigenvalue weighted by Gasteiger charge is 2.13. The van der Waals surface area contributed by atoms with Crippen LogP contribution in [0.25, 0.3) is 0 Å². The van der Waals surface area contributed by atoms with E-state index >= 15 is 0 Å². The summed E-state index contributed by atoms with van der Waals surface area (Å²) in [5.41, 5.74) is 2.46. The van der Waals surface area contributed by atoms with Crippen LogP contribution in [0, 0.1) is 13.8 Å². The van der Waals surface area contributed by atoms with Crippen molar-refractivity contribution >= 4 is 29.0 Å². The van der Waals surface area contributed by atoms with Crippen molar-refractivity contribution in [3.05, 3.63) is 77.7 Å². The zero-order valence-electron chi connectivity index (χ0n) is 14.5. The average Bonchev–Trinajstić information content (AvgIpc) is 2.96. The topological polar surface area (TPSA) is 83.4 Å². The Labute approximate surface area is 151 Å². The summed E-state index contributed by atoms with van der Waals surface area (Å²) in [7, 11) is 0.